The minimum Gasteiger partial charge on any atom is -0.493 e. The van der Waals surface area contributed by atoms with Gasteiger partial charge in [0.2, 0.25) is 0 Å². The Kier molecular flexibility index (Phi) is 7.80. The lowest BCUT2D eigenvalue weighted by molar-refractivity contribution is 0.0946. The van der Waals surface area contributed by atoms with Gasteiger partial charge in [-0.2, -0.15) is 0 Å². The van der Waals surface area contributed by atoms with Crippen LogP contribution in [0.15, 0.2) is 42.5 Å². The Morgan fingerprint density at radius 1 is 1.00 bits per heavy atom. The number of nitrogens with one attached hydrogen (secondary N) is 1. The van der Waals surface area contributed by atoms with E-state index >= 15 is 0 Å². The van der Waals surface area contributed by atoms with E-state index in [1.54, 1.807) is 25.3 Å². The Bertz CT molecular complexity index is 698. The molecule has 0 unspecified atom stereocenters. The summed E-state index contributed by atoms with van der Waals surface area (Å²) in [5, 5.41) is 2.84. The first-order chi connectivity index (χ1) is 12.6. The number of aryl methyl sites for hydroxylation is 1. The van der Waals surface area contributed by atoms with E-state index < -0.39 is 0 Å². The molecule has 0 atom stereocenters. The third-order valence-corrected chi connectivity index (χ3v) is 3.86. The van der Waals surface area contributed by atoms with Crippen molar-refractivity contribution in [2.75, 3.05) is 26.9 Å². The molecule has 2 aromatic rings. The molecule has 5 nitrogen and oxygen atoms in total. The summed E-state index contributed by atoms with van der Waals surface area (Å²) in [6.45, 7) is 5.59. The number of hydrogen-bond acceptors (Lipinski definition) is 4. The predicted molar refractivity (Wildman–Crippen MR) is 102 cm³/mol. The maximum atomic E-state index is 12.3. The van der Waals surface area contributed by atoms with Crippen LogP contribution >= 0.6 is 0 Å². The molecule has 2 rings (SSSR count). The van der Waals surface area contributed by atoms with Gasteiger partial charge in [-0.3, -0.25) is 4.79 Å². The Morgan fingerprint density at radius 2 is 1.77 bits per heavy atom. The fourth-order valence-electron chi connectivity index (χ4n) is 2.32. The molecule has 0 heterocycles. The van der Waals surface area contributed by atoms with Gasteiger partial charge in [0.25, 0.3) is 5.91 Å². The third-order valence-electron chi connectivity index (χ3n) is 3.86. The van der Waals surface area contributed by atoms with Crippen LogP contribution in [0, 0.1) is 6.92 Å². The molecule has 0 fully saturated rings. The van der Waals surface area contributed by atoms with Crippen LogP contribution in [0.4, 0.5) is 0 Å². The third kappa shape index (κ3) is 5.99. The van der Waals surface area contributed by atoms with Crippen molar-refractivity contribution in [1.29, 1.82) is 0 Å². The van der Waals surface area contributed by atoms with Gasteiger partial charge in [0.1, 0.15) is 12.4 Å². The van der Waals surface area contributed by atoms with Gasteiger partial charge in [-0.1, -0.05) is 31.0 Å². The summed E-state index contributed by atoms with van der Waals surface area (Å²) in [6.07, 6.45) is 2.04. The second kappa shape index (κ2) is 10.3. The van der Waals surface area contributed by atoms with Crippen molar-refractivity contribution in [3.8, 4) is 17.2 Å². The summed E-state index contributed by atoms with van der Waals surface area (Å²) in [5.41, 5.74) is 1.71. The summed E-state index contributed by atoms with van der Waals surface area (Å²) in [7, 11) is 1.57. The Labute approximate surface area is 155 Å². The molecule has 0 spiro atoms. The van der Waals surface area contributed by atoms with E-state index in [2.05, 4.69) is 12.2 Å². The van der Waals surface area contributed by atoms with Gasteiger partial charge >= 0.3 is 0 Å². The molecule has 0 aromatic heterocycles. The fourth-order valence-corrected chi connectivity index (χ4v) is 2.32. The number of unbranched alkanes of at least 4 members (excludes halogenated alkanes) is 1. The highest BCUT2D eigenvalue weighted by Gasteiger charge is 2.11. The zero-order valence-electron chi connectivity index (χ0n) is 15.7. The van der Waals surface area contributed by atoms with Crippen molar-refractivity contribution < 1.29 is 19.0 Å². The Morgan fingerprint density at radius 3 is 2.46 bits per heavy atom. The largest absolute Gasteiger partial charge is 0.493 e. The topological polar surface area (TPSA) is 56.8 Å². The van der Waals surface area contributed by atoms with Gasteiger partial charge in [-0.05, 0) is 43.7 Å². The number of rotatable bonds is 10. The number of benzene rings is 2. The van der Waals surface area contributed by atoms with E-state index in [1.807, 2.05) is 31.2 Å². The van der Waals surface area contributed by atoms with Crippen molar-refractivity contribution >= 4 is 5.91 Å². The van der Waals surface area contributed by atoms with Crippen LogP contribution in [0.5, 0.6) is 17.2 Å². The second-order valence-electron chi connectivity index (χ2n) is 5.99. The van der Waals surface area contributed by atoms with Crippen molar-refractivity contribution in [2.45, 2.75) is 26.7 Å². The van der Waals surface area contributed by atoms with Gasteiger partial charge in [-0.25, -0.2) is 0 Å². The normalized spacial score (nSPS) is 10.3. The summed E-state index contributed by atoms with van der Waals surface area (Å²) in [4.78, 5) is 12.3. The van der Waals surface area contributed by atoms with Gasteiger partial charge in [-0.15, -0.1) is 0 Å². The molecule has 1 N–H and O–H groups in total. The molecule has 0 aliphatic heterocycles. The SMILES string of the molecule is CCCCOc1ccc(C(=O)NCCOc2ccc(C)cc2)cc1OC. The molecule has 0 saturated carbocycles. The molecule has 0 aliphatic rings. The van der Waals surface area contributed by atoms with Gasteiger partial charge in [0.05, 0.1) is 20.3 Å². The molecule has 0 aliphatic carbocycles. The van der Waals surface area contributed by atoms with Crippen LogP contribution < -0.4 is 19.5 Å². The lowest BCUT2D eigenvalue weighted by Gasteiger charge is -2.12. The first-order valence-corrected chi connectivity index (χ1v) is 8.92. The summed E-state index contributed by atoms with van der Waals surface area (Å²) < 4.78 is 16.6. The number of hydrogen-bond donors (Lipinski definition) is 1. The highest BCUT2D eigenvalue weighted by Crippen LogP contribution is 2.28. The number of methoxy groups -OCH3 is 1. The van der Waals surface area contributed by atoms with E-state index in [4.69, 9.17) is 14.2 Å². The molecule has 0 bridgehead atoms. The molecule has 5 heteroatoms. The average Bonchev–Trinajstić information content (AvgIpc) is 2.66. The maximum absolute atomic E-state index is 12.3. The van der Waals surface area contributed by atoms with E-state index in [9.17, 15) is 4.79 Å². The molecule has 1 amide bonds. The van der Waals surface area contributed by atoms with Crippen LogP contribution in [-0.4, -0.2) is 32.8 Å². The maximum Gasteiger partial charge on any atom is 0.251 e. The molecule has 2 aromatic carbocycles. The van der Waals surface area contributed by atoms with E-state index in [0.717, 1.165) is 18.6 Å². The number of carbonyl (C=O) groups is 1. The monoisotopic (exact) mass is 357 g/mol. The first-order valence-electron chi connectivity index (χ1n) is 8.92. The average molecular weight is 357 g/mol. The van der Waals surface area contributed by atoms with Crippen molar-refractivity contribution in [3.63, 3.8) is 0 Å². The minimum absolute atomic E-state index is 0.170. The summed E-state index contributed by atoms with van der Waals surface area (Å²) >= 11 is 0. The van der Waals surface area contributed by atoms with Crippen molar-refractivity contribution in [3.05, 3.63) is 53.6 Å². The highest BCUT2D eigenvalue weighted by molar-refractivity contribution is 5.94. The quantitative estimate of drug-likeness (QED) is 0.653. The van der Waals surface area contributed by atoms with E-state index in [-0.39, 0.29) is 5.91 Å². The zero-order valence-corrected chi connectivity index (χ0v) is 15.7. The number of amides is 1. The van der Waals surface area contributed by atoms with Crippen LogP contribution in [0.25, 0.3) is 0 Å². The van der Waals surface area contributed by atoms with Crippen molar-refractivity contribution in [1.82, 2.24) is 5.32 Å². The highest BCUT2D eigenvalue weighted by atomic mass is 16.5. The van der Waals surface area contributed by atoms with Crippen LogP contribution in [0.2, 0.25) is 0 Å². The molecule has 0 radical (unpaired) electrons. The van der Waals surface area contributed by atoms with Crippen LogP contribution in [-0.2, 0) is 0 Å². The molecule has 0 saturated heterocycles. The summed E-state index contributed by atoms with van der Waals surface area (Å²) in [6, 6.07) is 13.0. The zero-order chi connectivity index (χ0) is 18.8. The van der Waals surface area contributed by atoms with Crippen molar-refractivity contribution in [2.24, 2.45) is 0 Å². The minimum atomic E-state index is -0.170. The lowest BCUT2D eigenvalue weighted by atomic mass is 10.2. The molecular formula is C21H27NO4. The number of ether oxygens (including phenoxy) is 3. The van der Waals surface area contributed by atoms with Gasteiger partial charge < -0.3 is 19.5 Å². The van der Waals surface area contributed by atoms with Gasteiger partial charge in [0.15, 0.2) is 11.5 Å². The Hall–Kier alpha value is -2.69. The molecular weight excluding hydrogens is 330 g/mol. The van der Waals surface area contributed by atoms with E-state index in [0.29, 0.717) is 36.8 Å². The summed E-state index contributed by atoms with van der Waals surface area (Å²) in [5.74, 6) is 1.83. The Balaban J connectivity index is 1.83. The lowest BCUT2D eigenvalue weighted by Crippen LogP contribution is -2.28. The van der Waals surface area contributed by atoms with Crippen LogP contribution in [0.1, 0.15) is 35.7 Å². The molecule has 26 heavy (non-hydrogen) atoms. The predicted octanol–water partition coefficient (Wildman–Crippen LogP) is 3.99. The van der Waals surface area contributed by atoms with E-state index in [1.165, 1.54) is 5.56 Å². The number of carbonyl (C=O) groups excluding carboxylic acids is 1. The standard InChI is InChI=1S/C21H27NO4/c1-4-5-13-26-19-11-8-17(15-20(19)24-3)21(23)22-12-14-25-18-9-6-16(2)7-10-18/h6-11,15H,4-5,12-14H2,1-3H3,(H,22,23). The smallest absolute Gasteiger partial charge is 0.251 e. The van der Waals surface area contributed by atoms with Gasteiger partial charge in [0, 0.05) is 5.56 Å². The second-order valence-corrected chi connectivity index (χ2v) is 5.99. The molecule has 140 valence electrons. The van der Waals surface area contributed by atoms with Crippen LogP contribution in [0.3, 0.4) is 0 Å². The first kappa shape index (κ1) is 19.6. The fraction of sp³-hybridized carbons (Fsp3) is 0.381.